The maximum Gasteiger partial charge on any atom is 0.272 e. The fourth-order valence-electron chi connectivity index (χ4n) is 2.74. The lowest BCUT2D eigenvalue weighted by molar-refractivity contribution is 0.0950. The lowest BCUT2D eigenvalue weighted by atomic mass is 10.0. The lowest BCUT2D eigenvalue weighted by Crippen LogP contribution is -2.26. The highest BCUT2D eigenvalue weighted by molar-refractivity contribution is 9.10. The summed E-state index contributed by atoms with van der Waals surface area (Å²) in [5, 5.41) is 7.96. The molecule has 0 aliphatic carbocycles. The van der Waals surface area contributed by atoms with Crippen molar-refractivity contribution in [2.45, 2.75) is 26.8 Å². The topological polar surface area (TPSA) is 98.7 Å². The number of nitrogens with zero attached hydrogens (tertiary/aromatic N) is 4. The van der Waals surface area contributed by atoms with E-state index >= 15 is 0 Å². The third-order valence-corrected chi connectivity index (χ3v) is 4.32. The van der Waals surface area contributed by atoms with Gasteiger partial charge in [-0.3, -0.25) is 4.79 Å². The predicted octanol–water partition coefficient (Wildman–Crippen LogP) is 3.14. The summed E-state index contributed by atoms with van der Waals surface area (Å²) >= 11 is 3.22. The third-order valence-electron chi connectivity index (χ3n) is 3.98. The van der Waals surface area contributed by atoms with Crippen LogP contribution in [0.1, 0.15) is 30.8 Å². The summed E-state index contributed by atoms with van der Waals surface area (Å²) in [5.74, 6) is -0.445. The third kappa shape index (κ3) is 3.14. The van der Waals surface area contributed by atoms with Gasteiger partial charge in [-0.25, -0.2) is 19.0 Å². The molecule has 2 heterocycles. The Hall–Kier alpha value is -2.55. The maximum atomic E-state index is 14.6. The molecular formula is C17H18BrFN6O. The predicted molar refractivity (Wildman–Crippen MR) is 101 cm³/mol. The number of anilines is 1. The molecule has 9 heteroatoms. The van der Waals surface area contributed by atoms with Gasteiger partial charge in [0.05, 0.1) is 11.3 Å². The molecule has 0 saturated carbocycles. The van der Waals surface area contributed by atoms with E-state index in [0.29, 0.717) is 34.4 Å². The average molecular weight is 421 g/mol. The number of hydrogen-bond donors (Lipinski definition) is 2. The number of nitrogen functional groups attached to an aromatic ring is 1. The summed E-state index contributed by atoms with van der Waals surface area (Å²) < 4.78 is 16.6. The number of halogens is 2. The number of pyridine rings is 1. The zero-order chi connectivity index (χ0) is 18.8. The summed E-state index contributed by atoms with van der Waals surface area (Å²) in [7, 11) is 0. The molecule has 0 aliphatic rings. The van der Waals surface area contributed by atoms with Gasteiger partial charge in [0.2, 0.25) is 4.73 Å². The minimum atomic E-state index is -0.462. The molecule has 2 aromatic heterocycles. The number of hydrogen-bond acceptors (Lipinski definition) is 5. The van der Waals surface area contributed by atoms with E-state index in [0.717, 1.165) is 6.42 Å². The minimum Gasteiger partial charge on any atom is -0.396 e. The van der Waals surface area contributed by atoms with Gasteiger partial charge in [0.1, 0.15) is 5.82 Å². The van der Waals surface area contributed by atoms with Crippen molar-refractivity contribution in [1.29, 1.82) is 0 Å². The van der Waals surface area contributed by atoms with Crippen molar-refractivity contribution in [2.24, 2.45) is 0 Å². The van der Waals surface area contributed by atoms with E-state index in [1.165, 1.54) is 12.3 Å². The second-order valence-electron chi connectivity index (χ2n) is 5.68. The van der Waals surface area contributed by atoms with Gasteiger partial charge in [-0.15, -0.1) is 5.10 Å². The van der Waals surface area contributed by atoms with E-state index in [4.69, 9.17) is 5.73 Å². The van der Waals surface area contributed by atoms with Crippen molar-refractivity contribution < 1.29 is 9.18 Å². The fraction of sp³-hybridized carbons (Fsp3) is 0.294. The molecule has 0 bridgehead atoms. The normalized spacial score (nSPS) is 11.1. The molecule has 0 saturated heterocycles. The largest absolute Gasteiger partial charge is 0.396 e. The van der Waals surface area contributed by atoms with Crippen LogP contribution >= 0.6 is 15.9 Å². The first-order valence-corrected chi connectivity index (χ1v) is 9.02. The number of aromatic nitrogens is 4. The Morgan fingerprint density at radius 1 is 1.35 bits per heavy atom. The van der Waals surface area contributed by atoms with Crippen molar-refractivity contribution >= 4 is 38.3 Å². The van der Waals surface area contributed by atoms with Crippen LogP contribution in [0.25, 0.3) is 22.2 Å². The van der Waals surface area contributed by atoms with E-state index in [9.17, 15) is 9.18 Å². The first kappa shape index (κ1) is 18.2. The van der Waals surface area contributed by atoms with E-state index in [2.05, 4.69) is 36.3 Å². The molecule has 0 atom stereocenters. The molecule has 26 heavy (non-hydrogen) atoms. The second-order valence-corrected chi connectivity index (χ2v) is 6.39. The number of rotatable bonds is 5. The van der Waals surface area contributed by atoms with Gasteiger partial charge >= 0.3 is 0 Å². The van der Waals surface area contributed by atoms with Gasteiger partial charge in [-0.1, -0.05) is 6.92 Å². The summed E-state index contributed by atoms with van der Waals surface area (Å²) in [6.45, 7) is 4.88. The Bertz CT molecular complexity index is 987. The molecule has 0 aliphatic heterocycles. The Kier molecular flexibility index (Phi) is 5.17. The standard InChI is InChI=1S/C17H18BrFN6O/c1-3-7-21-16(26)14-13(20)9-5-6-11(19)12(10(9)8-22-14)15-23-17(18)24-25(15)4-2/h5-6,8H,3-4,7,20H2,1-2H3,(H,21,26). The number of nitrogens with two attached hydrogens (primary N) is 1. The summed E-state index contributed by atoms with van der Waals surface area (Å²) in [6, 6.07) is 2.85. The van der Waals surface area contributed by atoms with Gasteiger partial charge < -0.3 is 11.1 Å². The molecule has 0 radical (unpaired) electrons. The molecule has 0 fully saturated rings. The van der Waals surface area contributed by atoms with Crippen molar-refractivity contribution in [1.82, 2.24) is 25.1 Å². The van der Waals surface area contributed by atoms with Crippen molar-refractivity contribution in [3.63, 3.8) is 0 Å². The van der Waals surface area contributed by atoms with Crippen LogP contribution < -0.4 is 11.1 Å². The molecule has 3 N–H and O–H groups in total. The van der Waals surface area contributed by atoms with Crippen LogP contribution in [0.2, 0.25) is 0 Å². The van der Waals surface area contributed by atoms with Crippen molar-refractivity contribution in [3.8, 4) is 11.4 Å². The van der Waals surface area contributed by atoms with Crippen molar-refractivity contribution in [2.75, 3.05) is 12.3 Å². The number of amides is 1. The summed E-state index contributed by atoms with van der Waals surface area (Å²) in [6.07, 6.45) is 2.25. The maximum absolute atomic E-state index is 14.6. The zero-order valence-corrected chi connectivity index (χ0v) is 16.0. The van der Waals surface area contributed by atoms with Crippen LogP contribution in [0, 0.1) is 5.82 Å². The molecule has 7 nitrogen and oxygen atoms in total. The highest BCUT2D eigenvalue weighted by Gasteiger charge is 2.21. The van der Waals surface area contributed by atoms with Crippen molar-refractivity contribution in [3.05, 3.63) is 34.6 Å². The Labute approximate surface area is 157 Å². The Morgan fingerprint density at radius 3 is 2.81 bits per heavy atom. The highest BCUT2D eigenvalue weighted by atomic mass is 79.9. The Morgan fingerprint density at radius 2 is 2.12 bits per heavy atom. The molecule has 1 amide bonds. The lowest BCUT2D eigenvalue weighted by Gasteiger charge is -2.12. The number of carbonyl (C=O) groups excluding carboxylic acids is 1. The summed E-state index contributed by atoms with van der Waals surface area (Å²) in [5.41, 5.74) is 6.75. The average Bonchev–Trinajstić information content (AvgIpc) is 3.00. The van der Waals surface area contributed by atoms with E-state index in [1.807, 2.05) is 13.8 Å². The molecule has 0 spiro atoms. The van der Waals surface area contributed by atoms with Gasteiger partial charge in [0, 0.05) is 30.1 Å². The van der Waals surface area contributed by atoms with Crippen LogP contribution in [-0.4, -0.2) is 32.2 Å². The van der Waals surface area contributed by atoms with Crippen LogP contribution in [-0.2, 0) is 6.54 Å². The number of benzene rings is 1. The van der Waals surface area contributed by atoms with Gasteiger partial charge in [0.25, 0.3) is 5.91 Å². The highest BCUT2D eigenvalue weighted by Crippen LogP contribution is 2.34. The van der Waals surface area contributed by atoms with Crippen LogP contribution in [0.5, 0.6) is 0 Å². The molecule has 136 valence electrons. The van der Waals surface area contributed by atoms with E-state index < -0.39 is 5.82 Å². The fourth-order valence-corrected chi connectivity index (χ4v) is 3.10. The van der Waals surface area contributed by atoms with E-state index in [1.54, 1.807) is 10.7 Å². The van der Waals surface area contributed by atoms with Crippen LogP contribution in [0.15, 0.2) is 23.1 Å². The zero-order valence-electron chi connectivity index (χ0n) is 14.4. The van der Waals surface area contributed by atoms with Gasteiger partial charge in [0.15, 0.2) is 11.5 Å². The van der Waals surface area contributed by atoms with Crippen LogP contribution in [0.3, 0.4) is 0 Å². The minimum absolute atomic E-state index is 0.127. The number of nitrogens with one attached hydrogen (secondary N) is 1. The SMILES string of the molecule is CCCNC(=O)c1ncc2c(-c3nc(Br)nn3CC)c(F)ccc2c1N. The van der Waals surface area contributed by atoms with Gasteiger partial charge in [-0.05, 0) is 41.4 Å². The molecular weight excluding hydrogens is 403 g/mol. The molecule has 3 rings (SSSR count). The molecule has 1 aromatic carbocycles. The monoisotopic (exact) mass is 420 g/mol. The Balaban J connectivity index is 2.21. The van der Waals surface area contributed by atoms with Crippen LogP contribution in [0.4, 0.5) is 10.1 Å². The quantitative estimate of drug-likeness (QED) is 0.660. The van der Waals surface area contributed by atoms with Gasteiger partial charge in [-0.2, -0.15) is 0 Å². The second kappa shape index (κ2) is 7.36. The molecule has 0 unspecified atom stereocenters. The summed E-state index contributed by atoms with van der Waals surface area (Å²) in [4.78, 5) is 20.7. The van der Waals surface area contributed by atoms with E-state index in [-0.39, 0.29) is 22.9 Å². The first-order chi connectivity index (χ1) is 12.5. The number of fused-ring (bicyclic) bond motifs is 1. The smallest absolute Gasteiger partial charge is 0.272 e. The molecule has 3 aromatic rings. The number of aryl methyl sites for hydroxylation is 1. The first-order valence-electron chi connectivity index (χ1n) is 8.23. The number of carbonyl (C=O) groups is 1.